The number of benzene rings is 1. The van der Waals surface area contributed by atoms with Gasteiger partial charge in [0.15, 0.2) is 0 Å². The molecule has 0 atom stereocenters. The van der Waals surface area contributed by atoms with Crippen molar-refractivity contribution in [2.45, 2.75) is 19.3 Å². The highest BCUT2D eigenvalue weighted by Crippen LogP contribution is 2.29. The summed E-state index contributed by atoms with van der Waals surface area (Å²) in [5.74, 6) is 0.655. The van der Waals surface area contributed by atoms with Gasteiger partial charge in [0.25, 0.3) is 5.69 Å². The quantitative estimate of drug-likeness (QED) is 0.615. The number of piperidine rings is 1. The number of hydrogen-bond acceptors (Lipinski definition) is 4. The van der Waals surface area contributed by atoms with Gasteiger partial charge in [-0.1, -0.05) is 6.42 Å². The van der Waals surface area contributed by atoms with Crippen molar-refractivity contribution in [3.63, 3.8) is 0 Å². The molecule has 0 radical (unpaired) electrons. The summed E-state index contributed by atoms with van der Waals surface area (Å²) in [6, 6.07) is 4.57. The molecule has 0 aliphatic carbocycles. The van der Waals surface area contributed by atoms with E-state index in [9.17, 15) is 10.1 Å². The topological polar surface area (TPSA) is 55.6 Å². The Morgan fingerprint density at radius 1 is 1.32 bits per heavy atom. The Morgan fingerprint density at radius 3 is 2.68 bits per heavy atom. The van der Waals surface area contributed by atoms with E-state index in [-0.39, 0.29) is 5.69 Å². The Kier molecular flexibility index (Phi) is 5.15. The van der Waals surface area contributed by atoms with E-state index < -0.39 is 4.92 Å². The van der Waals surface area contributed by atoms with Gasteiger partial charge < -0.3 is 4.74 Å². The third-order valence-electron chi connectivity index (χ3n) is 3.24. The first-order valence-corrected chi connectivity index (χ1v) is 7.25. The van der Waals surface area contributed by atoms with Gasteiger partial charge in [0.1, 0.15) is 12.4 Å². The van der Waals surface area contributed by atoms with Gasteiger partial charge in [-0.3, -0.25) is 15.0 Å². The SMILES string of the molecule is O=[N+]([O-])c1ccc(OCCN2CCCCC2)c(Br)c1. The van der Waals surface area contributed by atoms with Crippen LogP contribution in [0, 0.1) is 10.1 Å². The standard InChI is InChI=1S/C13H17BrN2O3/c14-12-10-11(16(17)18)4-5-13(12)19-9-8-15-6-2-1-3-7-15/h4-5,10H,1-3,6-9H2. The average molecular weight is 329 g/mol. The first-order valence-electron chi connectivity index (χ1n) is 6.46. The number of ether oxygens (including phenoxy) is 1. The second-order valence-corrected chi connectivity index (χ2v) is 5.48. The number of rotatable bonds is 5. The summed E-state index contributed by atoms with van der Waals surface area (Å²) in [7, 11) is 0. The largest absolute Gasteiger partial charge is 0.491 e. The minimum absolute atomic E-state index is 0.0651. The number of halogens is 1. The molecule has 6 heteroatoms. The molecule has 1 fully saturated rings. The van der Waals surface area contributed by atoms with Crippen LogP contribution < -0.4 is 4.74 Å². The van der Waals surface area contributed by atoms with Crippen LogP contribution >= 0.6 is 15.9 Å². The van der Waals surface area contributed by atoms with Crippen molar-refractivity contribution >= 4 is 21.6 Å². The maximum atomic E-state index is 10.6. The predicted octanol–water partition coefficient (Wildman–Crippen LogP) is 3.22. The monoisotopic (exact) mass is 328 g/mol. The van der Waals surface area contributed by atoms with Crippen molar-refractivity contribution < 1.29 is 9.66 Å². The summed E-state index contributed by atoms with van der Waals surface area (Å²) < 4.78 is 6.29. The fraction of sp³-hybridized carbons (Fsp3) is 0.538. The molecule has 1 aromatic carbocycles. The number of nitro benzene ring substituents is 1. The fourth-order valence-electron chi connectivity index (χ4n) is 2.19. The van der Waals surface area contributed by atoms with Crippen molar-refractivity contribution in [2.75, 3.05) is 26.2 Å². The second-order valence-electron chi connectivity index (χ2n) is 4.62. The van der Waals surface area contributed by atoms with Gasteiger partial charge in [0.2, 0.25) is 0 Å². The molecular weight excluding hydrogens is 312 g/mol. The van der Waals surface area contributed by atoms with Crippen LogP contribution in [0.5, 0.6) is 5.75 Å². The van der Waals surface area contributed by atoms with Gasteiger partial charge in [-0.2, -0.15) is 0 Å². The molecule has 19 heavy (non-hydrogen) atoms. The summed E-state index contributed by atoms with van der Waals surface area (Å²) in [6.45, 7) is 3.80. The zero-order valence-electron chi connectivity index (χ0n) is 10.7. The Bertz CT molecular complexity index is 448. The van der Waals surface area contributed by atoms with Crippen LogP contribution in [0.4, 0.5) is 5.69 Å². The van der Waals surface area contributed by atoms with Crippen LogP contribution in [0.15, 0.2) is 22.7 Å². The molecule has 0 N–H and O–H groups in total. The van der Waals surface area contributed by atoms with Crippen molar-refractivity contribution in [1.29, 1.82) is 0 Å². The zero-order valence-corrected chi connectivity index (χ0v) is 12.3. The highest BCUT2D eigenvalue weighted by Gasteiger charge is 2.12. The molecule has 0 spiro atoms. The van der Waals surface area contributed by atoms with Crippen LogP contribution in [-0.2, 0) is 0 Å². The molecule has 0 aromatic heterocycles. The Balaban J connectivity index is 1.83. The van der Waals surface area contributed by atoms with Gasteiger partial charge in [-0.25, -0.2) is 0 Å². The number of hydrogen-bond donors (Lipinski definition) is 0. The van der Waals surface area contributed by atoms with E-state index in [1.807, 2.05) is 0 Å². The summed E-state index contributed by atoms with van der Waals surface area (Å²) in [5.41, 5.74) is 0.0651. The third kappa shape index (κ3) is 4.18. The van der Waals surface area contributed by atoms with Gasteiger partial charge in [-0.05, 0) is 47.9 Å². The third-order valence-corrected chi connectivity index (χ3v) is 3.86. The fourth-order valence-corrected chi connectivity index (χ4v) is 2.67. The van der Waals surface area contributed by atoms with Gasteiger partial charge in [0.05, 0.1) is 9.40 Å². The predicted molar refractivity (Wildman–Crippen MR) is 76.6 cm³/mol. The van der Waals surface area contributed by atoms with Crippen LogP contribution in [0.1, 0.15) is 19.3 Å². The summed E-state index contributed by atoms with van der Waals surface area (Å²) in [6.07, 6.45) is 3.85. The molecule has 0 unspecified atom stereocenters. The van der Waals surface area contributed by atoms with Gasteiger partial charge in [-0.15, -0.1) is 0 Å². The molecular formula is C13H17BrN2O3. The van der Waals surface area contributed by atoms with E-state index in [0.717, 1.165) is 19.6 Å². The van der Waals surface area contributed by atoms with E-state index in [2.05, 4.69) is 20.8 Å². The molecule has 1 aromatic rings. The maximum Gasteiger partial charge on any atom is 0.270 e. The lowest BCUT2D eigenvalue weighted by Crippen LogP contribution is -2.33. The van der Waals surface area contributed by atoms with E-state index in [0.29, 0.717) is 16.8 Å². The number of likely N-dealkylation sites (tertiary alicyclic amines) is 1. The van der Waals surface area contributed by atoms with E-state index in [1.54, 1.807) is 6.07 Å². The lowest BCUT2D eigenvalue weighted by atomic mass is 10.1. The van der Waals surface area contributed by atoms with Crippen LogP contribution in [0.2, 0.25) is 0 Å². The minimum atomic E-state index is -0.414. The first-order chi connectivity index (χ1) is 9.16. The van der Waals surface area contributed by atoms with Crippen LogP contribution in [-0.4, -0.2) is 36.1 Å². The summed E-state index contributed by atoms with van der Waals surface area (Å²) >= 11 is 3.30. The molecule has 1 aliphatic heterocycles. The molecule has 2 rings (SSSR count). The van der Waals surface area contributed by atoms with Crippen molar-refractivity contribution in [3.8, 4) is 5.75 Å². The Labute approximate surface area is 120 Å². The lowest BCUT2D eigenvalue weighted by molar-refractivity contribution is -0.385. The lowest BCUT2D eigenvalue weighted by Gasteiger charge is -2.26. The van der Waals surface area contributed by atoms with Crippen molar-refractivity contribution in [2.24, 2.45) is 0 Å². The highest BCUT2D eigenvalue weighted by atomic mass is 79.9. The molecule has 0 bridgehead atoms. The maximum absolute atomic E-state index is 10.6. The molecule has 0 saturated carbocycles. The second kappa shape index (κ2) is 6.86. The highest BCUT2D eigenvalue weighted by molar-refractivity contribution is 9.10. The van der Waals surface area contributed by atoms with Crippen LogP contribution in [0.25, 0.3) is 0 Å². The first kappa shape index (κ1) is 14.3. The minimum Gasteiger partial charge on any atom is -0.491 e. The Morgan fingerprint density at radius 2 is 2.05 bits per heavy atom. The number of non-ortho nitro benzene ring substituents is 1. The van der Waals surface area contributed by atoms with Gasteiger partial charge in [0, 0.05) is 18.7 Å². The molecule has 1 aliphatic rings. The van der Waals surface area contributed by atoms with E-state index in [4.69, 9.17) is 4.74 Å². The van der Waals surface area contributed by atoms with Crippen molar-refractivity contribution in [3.05, 3.63) is 32.8 Å². The van der Waals surface area contributed by atoms with Crippen LogP contribution in [0.3, 0.4) is 0 Å². The van der Waals surface area contributed by atoms with Crippen molar-refractivity contribution in [1.82, 2.24) is 4.90 Å². The Hall–Kier alpha value is -1.14. The smallest absolute Gasteiger partial charge is 0.270 e. The molecule has 5 nitrogen and oxygen atoms in total. The molecule has 1 heterocycles. The van der Waals surface area contributed by atoms with E-state index >= 15 is 0 Å². The van der Waals surface area contributed by atoms with E-state index in [1.165, 1.54) is 31.4 Å². The number of nitro groups is 1. The number of nitrogens with zero attached hydrogens (tertiary/aromatic N) is 2. The zero-order chi connectivity index (χ0) is 13.7. The molecule has 104 valence electrons. The normalized spacial score (nSPS) is 16.3. The summed E-state index contributed by atoms with van der Waals surface area (Å²) in [5, 5.41) is 10.6. The molecule has 1 saturated heterocycles. The average Bonchev–Trinajstić information content (AvgIpc) is 2.41. The van der Waals surface area contributed by atoms with Gasteiger partial charge >= 0.3 is 0 Å². The summed E-state index contributed by atoms with van der Waals surface area (Å²) in [4.78, 5) is 12.6. The molecule has 0 amide bonds.